The number of nitro benzene ring substituents is 1. The fourth-order valence-electron chi connectivity index (χ4n) is 1.37. The van der Waals surface area contributed by atoms with Gasteiger partial charge in [-0.05, 0) is 28.1 Å². The highest BCUT2D eigenvalue weighted by atomic mass is 79.9. The Morgan fingerprint density at radius 3 is 2.84 bits per heavy atom. The SMILES string of the molecule is Nc1ccc([N+](=O)[O-])c(C(=O)Nc2ncc(Br)s2)c1. The fourth-order valence-corrected chi connectivity index (χ4v) is 2.47. The van der Waals surface area contributed by atoms with Crippen LogP contribution in [0, 0.1) is 10.1 Å². The highest BCUT2D eigenvalue weighted by Gasteiger charge is 2.21. The van der Waals surface area contributed by atoms with E-state index in [1.165, 1.54) is 35.7 Å². The molecule has 0 saturated heterocycles. The molecule has 0 fully saturated rings. The Labute approximate surface area is 119 Å². The first-order valence-corrected chi connectivity index (χ1v) is 6.55. The normalized spacial score (nSPS) is 10.2. The Kier molecular flexibility index (Phi) is 3.76. The number of anilines is 2. The molecule has 1 amide bonds. The molecule has 0 aliphatic rings. The molecule has 19 heavy (non-hydrogen) atoms. The Hall–Kier alpha value is -2.00. The summed E-state index contributed by atoms with van der Waals surface area (Å²) in [7, 11) is 0. The number of nitrogens with zero attached hydrogens (tertiary/aromatic N) is 2. The number of nitro groups is 1. The zero-order valence-electron chi connectivity index (χ0n) is 9.29. The van der Waals surface area contributed by atoms with E-state index in [-0.39, 0.29) is 16.9 Å². The van der Waals surface area contributed by atoms with E-state index in [9.17, 15) is 14.9 Å². The van der Waals surface area contributed by atoms with Crippen LogP contribution in [0.5, 0.6) is 0 Å². The number of hydrogen-bond donors (Lipinski definition) is 2. The number of rotatable bonds is 3. The predicted molar refractivity (Wildman–Crippen MR) is 75.3 cm³/mol. The highest BCUT2D eigenvalue weighted by Crippen LogP contribution is 2.26. The predicted octanol–water partition coefficient (Wildman–Crippen LogP) is 2.65. The minimum atomic E-state index is -0.633. The zero-order chi connectivity index (χ0) is 14.0. The Bertz CT molecular complexity index is 658. The van der Waals surface area contributed by atoms with Gasteiger partial charge in [-0.2, -0.15) is 0 Å². The van der Waals surface area contributed by atoms with E-state index in [0.717, 1.165) is 3.79 Å². The van der Waals surface area contributed by atoms with Crippen molar-refractivity contribution in [3.63, 3.8) is 0 Å². The van der Waals surface area contributed by atoms with Gasteiger partial charge in [-0.15, -0.1) is 0 Å². The molecule has 1 aromatic carbocycles. The molecule has 7 nitrogen and oxygen atoms in total. The average molecular weight is 343 g/mol. The molecule has 0 saturated carbocycles. The zero-order valence-corrected chi connectivity index (χ0v) is 11.7. The number of carbonyl (C=O) groups excluding carboxylic acids is 1. The first kappa shape index (κ1) is 13.4. The van der Waals surface area contributed by atoms with Gasteiger partial charge in [0.1, 0.15) is 5.56 Å². The van der Waals surface area contributed by atoms with E-state index in [4.69, 9.17) is 5.73 Å². The largest absolute Gasteiger partial charge is 0.399 e. The monoisotopic (exact) mass is 342 g/mol. The van der Waals surface area contributed by atoms with Crippen molar-refractivity contribution in [2.24, 2.45) is 0 Å². The third kappa shape index (κ3) is 3.06. The van der Waals surface area contributed by atoms with Gasteiger partial charge >= 0.3 is 0 Å². The molecular formula is C10H7BrN4O3S. The number of carbonyl (C=O) groups is 1. The van der Waals surface area contributed by atoms with E-state index in [2.05, 4.69) is 26.2 Å². The number of nitrogen functional groups attached to an aromatic ring is 1. The van der Waals surface area contributed by atoms with Gasteiger partial charge < -0.3 is 5.73 Å². The van der Waals surface area contributed by atoms with Crippen molar-refractivity contribution in [1.82, 2.24) is 4.98 Å². The van der Waals surface area contributed by atoms with Crippen molar-refractivity contribution in [1.29, 1.82) is 0 Å². The summed E-state index contributed by atoms with van der Waals surface area (Å²) in [5, 5.41) is 13.7. The van der Waals surface area contributed by atoms with E-state index < -0.39 is 10.8 Å². The molecule has 2 aromatic rings. The Balaban J connectivity index is 2.32. The molecule has 1 heterocycles. The van der Waals surface area contributed by atoms with E-state index in [1.807, 2.05) is 0 Å². The number of thiazole rings is 1. The Morgan fingerprint density at radius 2 is 2.26 bits per heavy atom. The lowest BCUT2D eigenvalue weighted by Crippen LogP contribution is -2.14. The second-order valence-electron chi connectivity index (χ2n) is 3.46. The number of nitrogens with two attached hydrogens (primary N) is 1. The van der Waals surface area contributed by atoms with Crippen LogP contribution in [-0.2, 0) is 0 Å². The van der Waals surface area contributed by atoms with Crippen LogP contribution in [0.25, 0.3) is 0 Å². The van der Waals surface area contributed by atoms with Gasteiger partial charge in [0, 0.05) is 11.8 Å². The van der Waals surface area contributed by atoms with Gasteiger partial charge in [0.25, 0.3) is 11.6 Å². The molecule has 0 unspecified atom stereocenters. The lowest BCUT2D eigenvalue weighted by molar-refractivity contribution is -0.385. The second kappa shape index (κ2) is 5.33. The second-order valence-corrected chi connectivity index (χ2v) is 5.87. The number of amides is 1. The van der Waals surface area contributed by atoms with Crippen molar-refractivity contribution in [3.05, 3.63) is 43.9 Å². The maximum absolute atomic E-state index is 12.0. The topological polar surface area (TPSA) is 111 Å². The van der Waals surface area contributed by atoms with Crippen LogP contribution >= 0.6 is 27.3 Å². The third-order valence-corrected chi connectivity index (χ3v) is 3.55. The summed E-state index contributed by atoms with van der Waals surface area (Å²) in [5.41, 5.74) is 5.41. The molecule has 0 bridgehead atoms. The summed E-state index contributed by atoms with van der Waals surface area (Å²) >= 11 is 4.41. The van der Waals surface area contributed by atoms with Crippen LogP contribution in [0.2, 0.25) is 0 Å². The van der Waals surface area contributed by atoms with Gasteiger partial charge in [0.15, 0.2) is 5.13 Å². The highest BCUT2D eigenvalue weighted by molar-refractivity contribution is 9.11. The Morgan fingerprint density at radius 1 is 1.53 bits per heavy atom. The first-order chi connectivity index (χ1) is 8.97. The standard InChI is InChI=1S/C10H7BrN4O3S/c11-8-4-13-10(19-8)14-9(16)6-3-5(12)1-2-7(6)15(17)18/h1-4H,12H2,(H,13,14,16). The van der Waals surface area contributed by atoms with Crippen molar-refractivity contribution in [3.8, 4) is 0 Å². The molecule has 1 aromatic heterocycles. The molecular weight excluding hydrogens is 336 g/mol. The van der Waals surface area contributed by atoms with Crippen LogP contribution in [-0.4, -0.2) is 15.8 Å². The van der Waals surface area contributed by atoms with Crippen molar-refractivity contribution in [2.75, 3.05) is 11.1 Å². The number of benzene rings is 1. The van der Waals surface area contributed by atoms with Crippen molar-refractivity contribution in [2.45, 2.75) is 0 Å². The number of halogens is 1. The van der Waals surface area contributed by atoms with E-state index in [0.29, 0.717) is 5.13 Å². The molecule has 0 spiro atoms. The minimum Gasteiger partial charge on any atom is -0.399 e. The molecule has 0 aliphatic heterocycles. The van der Waals surface area contributed by atoms with Crippen molar-refractivity contribution >= 4 is 49.7 Å². The lowest BCUT2D eigenvalue weighted by atomic mass is 10.1. The van der Waals surface area contributed by atoms with Gasteiger partial charge in [0.05, 0.1) is 14.9 Å². The lowest BCUT2D eigenvalue weighted by Gasteiger charge is -2.03. The molecule has 0 aliphatic carbocycles. The van der Waals surface area contributed by atoms with Crippen LogP contribution in [0.3, 0.4) is 0 Å². The molecule has 9 heteroatoms. The molecule has 2 rings (SSSR count). The maximum Gasteiger partial charge on any atom is 0.282 e. The van der Waals surface area contributed by atoms with Crippen LogP contribution in [0.4, 0.5) is 16.5 Å². The van der Waals surface area contributed by atoms with Gasteiger partial charge in [-0.3, -0.25) is 20.2 Å². The van der Waals surface area contributed by atoms with Gasteiger partial charge in [-0.25, -0.2) is 4.98 Å². The smallest absolute Gasteiger partial charge is 0.282 e. The molecule has 0 radical (unpaired) electrons. The van der Waals surface area contributed by atoms with E-state index in [1.54, 1.807) is 0 Å². The van der Waals surface area contributed by atoms with Crippen LogP contribution < -0.4 is 11.1 Å². The summed E-state index contributed by atoms with van der Waals surface area (Å²) in [5.74, 6) is -0.624. The molecule has 98 valence electrons. The summed E-state index contributed by atoms with van der Waals surface area (Å²) in [6, 6.07) is 3.83. The summed E-state index contributed by atoms with van der Waals surface area (Å²) in [6.07, 6.45) is 1.52. The quantitative estimate of drug-likeness (QED) is 0.506. The summed E-state index contributed by atoms with van der Waals surface area (Å²) in [6.45, 7) is 0. The van der Waals surface area contributed by atoms with E-state index >= 15 is 0 Å². The average Bonchev–Trinajstić information content (AvgIpc) is 2.74. The number of nitrogens with one attached hydrogen (secondary N) is 1. The number of aromatic nitrogens is 1. The van der Waals surface area contributed by atoms with Crippen LogP contribution in [0.15, 0.2) is 28.2 Å². The van der Waals surface area contributed by atoms with Crippen molar-refractivity contribution < 1.29 is 9.72 Å². The summed E-state index contributed by atoms with van der Waals surface area (Å²) < 4.78 is 0.741. The fraction of sp³-hybridized carbons (Fsp3) is 0. The molecule has 3 N–H and O–H groups in total. The van der Waals surface area contributed by atoms with Gasteiger partial charge in [-0.1, -0.05) is 11.3 Å². The first-order valence-electron chi connectivity index (χ1n) is 4.94. The third-order valence-electron chi connectivity index (χ3n) is 2.16. The maximum atomic E-state index is 12.0. The van der Waals surface area contributed by atoms with Gasteiger partial charge in [0.2, 0.25) is 0 Å². The summed E-state index contributed by atoms with van der Waals surface area (Å²) in [4.78, 5) is 26.1. The minimum absolute atomic E-state index is 0.101. The molecule has 0 atom stereocenters. The van der Waals surface area contributed by atoms with Crippen LogP contribution in [0.1, 0.15) is 10.4 Å². The number of hydrogen-bond acceptors (Lipinski definition) is 6.